The second-order valence-corrected chi connectivity index (χ2v) is 7.43. The minimum Gasteiger partial charge on any atom is -0.490 e. The number of nitrogens with zero attached hydrogens (tertiary/aromatic N) is 1. The molecule has 0 aromatic heterocycles. The summed E-state index contributed by atoms with van der Waals surface area (Å²) in [5, 5.41) is 2.90. The van der Waals surface area contributed by atoms with Crippen molar-refractivity contribution in [1.82, 2.24) is 0 Å². The molecule has 136 valence electrons. The zero-order chi connectivity index (χ0) is 18.9. The van der Waals surface area contributed by atoms with Gasteiger partial charge in [-0.2, -0.15) is 0 Å². The summed E-state index contributed by atoms with van der Waals surface area (Å²) in [6.45, 7) is 6.03. The highest BCUT2D eigenvalue weighted by molar-refractivity contribution is 5.99. The number of hydrogen-bond acceptors (Lipinski definition) is 3. The molecule has 0 aliphatic carbocycles. The lowest BCUT2D eigenvalue weighted by Crippen LogP contribution is -2.39. The fourth-order valence-corrected chi connectivity index (χ4v) is 3.08. The van der Waals surface area contributed by atoms with Crippen LogP contribution in [0.5, 0.6) is 5.75 Å². The van der Waals surface area contributed by atoms with Crippen molar-refractivity contribution in [3.8, 4) is 5.75 Å². The predicted molar refractivity (Wildman–Crippen MR) is 103 cm³/mol. The smallest absolute Gasteiger partial charge is 0.235 e. The Hall–Kier alpha value is -2.82. The van der Waals surface area contributed by atoms with Crippen LogP contribution in [0.25, 0.3) is 0 Å². The van der Waals surface area contributed by atoms with Crippen LogP contribution in [0.4, 0.5) is 11.4 Å². The average Bonchev–Trinajstić information content (AvgIpc) is 2.66. The van der Waals surface area contributed by atoms with Gasteiger partial charge >= 0.3 is 0 Å². The number of fused-ring (bicyclic) bond motifs is 1. The van der Waals surface area contributed by atoms with E-state index in [2.05, 4.69) is 5.32 Å². The van der Waals surface area contributed by atoms with E-state index in [1.807, 2.05) is 45.0 Å². The Morgan fingerprint density at radius 1 is 1.23 bits per heavy atom. The molecule has 0 spiro atoms. The molecule has 2 aromatic carbocycles. The summed E-state index contributed by atoms with van der Waals surface area (Å²) in [7, 11) is 1.74. The highest BCUT2D eigenvalue weighted by Crippen LogP contribution is 2.37. The number of carbonyl (C=O) groups excluding carboxylic acids is 2. The number of carbonyl (C=O) groups is 2. The van der Waals surface area contributed by atoms with Crippen LogP contribution in [0, 0.1) is 12.3 Å². The van der Waals surface area contributed by atoms with Gasteiger partial charge in [0.25, 0.3) is 0 Å². The monoisotopic (exact) mass is 352 g/mol. The Morgan fingerprint density at radius 3 is 2.73 bits per heavy atom. The topological polar surface area (TPSA) is 58.6 Å². The minimum atomic E-state index is -0.595. The molecule has 0 bridgehead atoms. The third kappa shape index (κ3) is 3.72. The lowest BCUT2D eigenvalue weighted by molar-refractivity contribution is -0.127. The van der Waals surface area contributed by atoms with Gasteiger partial charge in [-0.3, -0.25) is 9.59 Å². The fraction of sp³-hybridized carbons (Fsp3) is 0.333. The molecule has 2 aromatic rings. The van der Waals surface area contributed by atoms with E-state index >= 15 is 0 Å². The maximum Gasteiger partial charge on any atom is 0.235 e. The van der Waals surface area contributed by atoms with Crippen LogP contribution in [-0.4, -0.2) is 25.5 Å². The quantitative estimate of drug-likeness (QED) is 0.919. The first-order valence-corrected chi connectivity index (χ1v) is 8.67. The molecule has 1 aliphatic rings. The van der Waals surface area contributed by atoms with E-state index in [1.54, 1.807) is 30.1 Å². The second kappa shape index (κ2) is 6.83. The average molecular weight is 352 g/mol. The summed E-state index contributed by atoms with van der Waals surface area (Å²) < 4.78 is 5.85. The predicted octanol–water partition coefficient (Wildman–Crippen LogP) is 3.56. The third-order valence-electron chi connectivity index (χ3n) is 4.52. The summed E-state index contributed by atoms with van der Waals surface area (Å²) in [6, 6.07) is 13.3. The number of benzene rings is 2. The van der Waals surface area contributed by atoms with Crippen LogP contribution in [0.2, 0.25) is 0 Å². The Morgan fingerprint density at radius 2 is 2.00 bits per heavy atom. The van der Waals surface area contributed by atoms with Gasteiger partial charge in [0.1, 0.15) is 12.4 Å². The van der Waals surface area contributed by atoms with Gasteiger partial charge in [-0.05, 0) is 38.5 Å². The van der Waals surface area contributed by atoms with Gasteiger partial charge < -0.3 is 15.0 Å². The van der Waals surface area contributed by atoms with Crippen molar-refractivity contribution < 1.29 is 14.3 Å². The summed E-state index contributed by atoms with van der Waals surface area (Å²) in [6.07, 6.45) is 0.311. The largest absolute Gasteiger partial charge is 0.490 e. The highest BCUT2D eigenvalue weighted by atomic mass is 16.5. The first kappa shape index (κ1) is 18.0. The van der Waals surface area contributed by atoms with E-state index in [0.29, 0.717) is 30.2 Å². The zero-order valence-corrected chi connectivity index (χ0v) is 15.6. The maximum atomic E-state index is 12.5. The van der Waals surface area contributed by atoms with Crippen molar-refractivity contribution in [2.45, 2.75) is 27.2 Å². The molecule has 2 amide bonds. The van der Waals surface area contributed by atoms with Crippen molar-refractivity contribution in [3.63, 3.8) is 0 Å². The summed E-state index contributed by atoms with van der Waals surface area (Å²) in [5.41, 5.74) is 2.87. The normalized spacial score (nSPS) is 15.7. The lowest BCUT2D eigenvalue weighted by atomic mass is 9.93. The standard InChI is InChI=1S/C21H24N2O3/c1-14-6-5-7-15(10-14)11-19(24)22-16-8-9-17-18(12-16)26-13-21(2,3)20(25)23(17)4/h5-10,12H,11,13H2,1-4H3,(H,22,24). The number of hydrogen-bond donors (Lipinski definition) is 1. The number of rotatable bonds is 3. The molecule has 0 unspecified atom stereocenters. The maximum absolute atomic E-state index is 12.5. The SMILES string of the molecule is Cc1cccc(CC(=O)Nc2ccc3c(c2)OCC(C)(C)C(=O)N3C)c1. The summed E-state index contributed by atoms with van der Waals surface area (Å²) in [4.78, 5) is 26.4. The van der Waals surface area contributed by atoms with Crippen LogP contribution < -0.4 is 15.0 Å². The van der Waals surface area contributed by atoms with Crippen LogP contribution in [0.3, 0.4) is 0 Å². The van der Waals surface area contributed by atoms with Gasteiger partial charge in [0, 0.05) is 18.8 Å². The number of aryl methyl sites for hydroxylation is 1. The fourth-order valence-electron chi connectivity index (χ4n) is 3.08. The zero-order valence-electron chi connectivity index (χ0n) is 15.6. The molecular formula is C21H24N2O3. The Labute approximate surface area is 154 Å². The van der Waals surface area contributed by atoms with E-state index in [9.17, 15) is 9.59 Å². The van der Waals surface area contributed by atoms with Crippen LogP contribution >= 0.6 is 0 Å². The first-order valence-electron chi connectivity index (χ1n) is 8.67. The van der Waals surface area contributed by atoms with Gasteiger partial charge in [-0.15, -0.1) is 0 Å². The van der Waals surface area contributed by atoms with E-state index < -0.39 is 5.41 Å². The molecular weight excluding hydrogens is 328 g/mol. The molecule has 0 atom stereocenters. The summed E-state index contributed by atoms with van der Waals surface area (Å²) in [5.74, 6) is 0.515. The first-order chi connectivity index (χ1) is 12.3. The van der Waals surface area contributed by atoms with Gasteiger partial charge in [-0.1, -0.05) is 29.8 Å². The third-order valence-corrected chi connectivity index (χ3v) is 4.52. The van der Waals surface area contributed by atoms with Crippen LogP contribution in [-0.2, 0) is 16.0 Å². The molecule has 26 heavy (non-hydrogen) atoms. The molecule has 5 nitrogen and oxygen atoms in total. The van der Waals surface area contributed by atoms with Crippen molar-refractivity contribution in [2.24, 2.45) is 5.41 Å². The summed E-state index contributed by atoms with van der Waals surface area (Å²) >= 11 is 0. The van der Waals surface area contributed by atoms with Gasteiger partial charge in [0.15, 0.2) is 0 Å². The van der Waals surface area contributed by atoms with Crippen molar-refractivity contribution in [2.75, 3.05) is 23.9 Å². The highest BCUT2D eigenvalue weighted by Gasteiger charge is 2.36. The van der Waals surface area contributed by atoms with Gasteiger partial charge in [0.2, 0.25) is 11.8 Å². The number of ether oxygens (including phenoxy) is 1. The van der Waals surface area contributed by atoms with Crippen molar-refractivity contribution in [3.05, 3.63) is 53.6 Å². The van der Waals surface area contributed by atoms with E-state index in [-0.39, 0.29) is 11.8 Å². The van der Waals surface area contributed by atoms with Crippen molar-refractivity contribution >= 4 is 23.2 Å². The molecule has 0 fully saturated rings. The minimum absolute atomic E-state index is 0.00693. The van der Waals surface area contributed by atoms with Crippen LogP contribution in [0.15, 0.2) is 42.5 Å². The van der Waals surface area contributed by atoms with Gasteiger partial charge in [0.05, 0.1) is 17.5 Å². The van der Waals surface area contributed by atoms with E-state index in [0.717, 1.165) is 11.1 Å². The molecule has 0 saturated heterocycles. The molecule has 5 heteroatoms. The number of anilines is 2. The Kier molecular flexibility index (Phi) is 4.72. The molecule has 1 N–H and O–H groups in total. The lowest BCUT2D eigenvalue weighted by Gasteiger charge is -2.24. The molecule has 0 saturated carbocycles. The van der Waals surface area contributed by atoms with E-state index in [1.165, 1.54) is 0 Å². The van der Waals surface area contributed by atoms with Gasteiger partial charge in [-0.25, -0.2) is 0 Å². The molecule has 1 aliphatic heterocycles. The van der Waals surface area contributed by atoms with Crippen LogP contribution in [0.1, 0.15) is 25.0 Å². The van der Waals surface area contributed by atoms with E-state index in [4.69, 9.17) is 4.74 Å². The number of amides is 2. The second-order valence-electron chi connectivity index (χ2n) is 7.43. The van der Waals surface area contributed by atoms with Crippen molar-refractivity contribution in [1.29, 1.82) is 0 Å². The Bertz CT molecular complexity index is 858. The molecule has 1 heterocycles. The molecule has 3 rings (SSSR count). The number of nitrogens with one attached hydrogen (secondary N) is 1. The molecule has 0 radical (unpaired) electrons. The Balaban J connectivity index is 1.76.